The molecule has 2 rings (SSSR count). The van der Waals surface area contributed by atoms with Crippen LogP contribution in [0, 0.1) is 0 Å². The van der Waals surface area contributed by atoms with Crippen LogP contribution in [0.3, 0.4) is 0 Å². The minimum atomic E-state index is -0.545. The first-order chi connectivity index (χ1) is 14.4. The average Bonchev–Trinajstić information content (AvgIpc) is 2.74. The summed E-state index contributed by atoms with van der Waals surface area (Å²) in [7, 11) is 5.95. The van der Waals surface area contributed by atoms with Crippen LogP contribution in [0.4, 0.5) is 0 Å². The number of benzene rings is 2. The van der Waals surface area contributed by atoms with Crippen molar-refractivity contribution < 1.29 is 29.6 Å². The van der Waals surface area contributed by atoms with Gasteiger partial charge in [0.05, 0.1) is 21.2 Å². The Morgan fingerprint density at radius 1 is 1.03 bits per heavy atom. The van der Waals surface area contributed by atoms with E-state index in [2.05, 4.69) is 31.5 Å². The zero-order chi connectivity index (χ0) is 21.9. The Morgan fingerprint density at radius 3 is 2.23 bits per heavy atom. The number of aliphatic hydroxyl groups is 1. The molecule has 0 bridgehead atoms. The molecular weight excluding hydrogens is 380 g/mol. The molecule has 0 saturated carbocycles. The normalized spacial score (nSPS) is 13.1. The first-order valence-corrected chi connectivity index (χ1v) is 10.5. The Bertz CT molecular complexity index is 760. The van der Waals surface area contributed by atoms with Gasteiger partial charge < -0.3 is 29.6 Å². The Kier molecular flexibility index (Phi) is 9.80. The summed E-state index contributed by atoms with van der Waals surface area (Å²) in [5.74, 6) is 1.78. The number of carbonyl (C=O) groups excluding carboxylic acids is 1. The number of quaternary nitrogens is 2. The van der Waals surface area contributed by atoms with Gasteiger partial charge in [-0.2, -0.15) is 0 Å². The molecule has 0 unspecified atom stereocenters. The van der Waals surface area contributed by atoms with E-state index in [9.17, 15) is 9.90 Å². The lowest BCUT2D eigenvalue weighted by molar-refractivity contribution is -0.909. The van der Waals surface area contributed by atoms with E-state index in [1.165, 1.54) is 10.5 Å². The van der Waals surface area contributed by atoms with Crippen molar-refractivity contribution in [2.75, 3.05) is 40.9 Å². The highest BCUT2D eigenvalue weighted by atomic mass is 16.5. The summed E-state index contributed by atoms with van der Waals surface area (Å²) in [6.45, 7) is 3.31. The number of aliphatic hydroxyl groups excluding tert-OH is 1. The Hall–Kier alpha value is -2.41. The molecule has 164 valence electrons. The molecule has 0 aliphatic heterocycles. The minimum Gasteiger partial charge on any atom is -0.497 e. The summed E-state index contributed by atoms with van der Waals surface area (Å²) in [6, 6.07) is 16.2. The number of nitrogens with one attached hydrogen (secondary N) is 1. The van der Waals surface area contributed by atoms with Crippen molar-refractivity contribution in [1.29, 1.82) is 0 Å². The summed E-state index contributed by atoms with van der Waals surface area (Å²) in [5.41, 5.74) is 2.37. The molecule has 0 aliphatic carbocycles. The number of ketones is 1. The summed E-state index contributed by atoms with van der Waals surface area (Å²) < 4.78 is 10.9. The number of rotatable bonds is 13. The maximum absolute atomic E-state index is 11.1. The van der Waals surface area contributed by atoms with E-state index in [1.54, 1.807) is 14.0 Å². The molecule has 0 aliphatic rings. The predicted molar refractivity (Wildman–Crippen MR) is 117 cm³/mol. The van der Waals surface area contributed by atoms with E-state index < -0.39 is 6.10 Å². The number of hydrogen-bond acceptors (Lipinski definition) is 4. The lowest BCUT2D eigenvalue weighted by Crippen LogP contribution is -3.09. The van der Waals surface area contributed by atoms with Crippen molar-refractivity contribution in [3.63, 3.8) is 0 Å². The first-order valence-electron chi connectivity index (χ1n) is 10.5. The third-order valence-electron chi connectivity index (χ3n) is 5.19. The second-order valence-corrected chi connectivity index (χ2v) is 7.97. The van der Waals surface area contributed by atoms with Crippen molar-refractivity contribution in [2.45, 2.75) is 31.9 Å². The van der Waals surface area contributed by atoms with E-state index in [0.717, 1.165) is 30.0 Å². The van der Waals surface area contributed by atoms with Crippen LogP contribution in [0.5, 0.6) is 11.5 Å². The molecule has 6 heteroatoms. The highest BCUT2D eigenvalue weighted by molar-refractivity contribution is 5.75. The lowest BCUT2D eigenvalue weighted by atomic mass is 10.1. The van der Waals surface area contributed by atoms with E-state index in [0.29, 0.717) is 19.0 Å². The van der Waals surface area contributed by atoms with E-state index in [-0.39, 0.29) is 12.4 Å². The maximum atomic E-state index is 11.1. The van der Waals surface area contributed by atoms with Gasteiger partial charge in [-0.05, 0) is 55.3 Å². The second-order valence-electron chi connectivity index (χ2n) is 7.97. The molecule has 0 heterocycles. The molecule has 2 aromatic carbocycles. The number of carbonyl (C=O) groups is 1. The molecule has 0 fully saturated rings. The smallest absolute Gasteiger partial charge is 0.162 e. The summed E-state index contributed by atoms with van der Waals surface area (Å²) in [4.78, 5) is 12.4. The van der Waals surface area contributed by atoms with Crippen LogP contribution in [-0.2, 0) is 11.2 Å². The summed E-state index contributed by atoms with van der Waals surface area (Å²) in [6.07, 6.45) is 0.758. The molecule has 6 nitrogen and oxygen atoms in total. The Labute approximate surface area is 179 Å². The Morgan fingerprint density at radius 2 is 1.67 bits per heavy atom. The van der Waals surface area contributed by atoms with Gasteiger partial charge in [0.25, 0.3) is 0 Å². The maximum Gasteiger partial charge on any atom is 0.162 e. The fourth-order valence-corrected chi connectivity index (χ4v) is 3.33. The molecule has 0 radical (unpaired) electrons. The van der Waals surface area contributed by atoms with Crippen molar-refractivity contribution in [3.8, 4) is 11.5 Å². The van der Waals surface area contributed by atoms with Crippen LogP contribution >= 0.6 is 0 Å². The first kappa shape index (κ1) is 23.9. The van der Waals surface area contributed by atoms with Gasteiger partial charge in [-0.1, -0.05) is 12.1 Å². The fraction of sp³-hybridized carbons (Fsp3) is 0.458. The fourth-order valence-electron chi connectivity index (χ4n) is 3.33. The van der Waals surface area contributed by atoms with Crippen LogP contribution in [0.25, 0.3) is 0 Å². The topological polar surface area (TPSA) is 76.8 Å². The minimum absolute atomic E-state index is 0.194. The number of nitrogens with two attached hydrogens (primary N) is 1. The Balaban J connectivity index is 1.74. The van der Waals surface area contributed by atoms with Crippen molar-refractivity contribution in [2.24, 2.45) is 0 Å². The van der Waals surface area contributed by atoms with Gasteiger partial charge in [-0.25, -0.2) is 0 Å². The SMILES string of the molecule is COc1ccc([C@@H](C[NH2+]C[C@H](O)COc2ccc(CCC(C)=O)cc2)[NH+](C)C)cc1. The van der Waals surface area contributed by atoms with Crippen molar-refractivity contribution in [1.82, 2.24) is 0 Å². The average molecular weight is 417 g/mol. The molecule has 4 N–H and O–H groups in total. The molecule has 30 heavy (non-hydrogen) atoms. The largest absolute Gasteiger partial charge is 0.497 e. The number of likely N-dealkylation sites (N-methyl/N-ethyl adjacent to an activating group) is 1. The molecule has 2 aromatic rings. The standard InChI is InChI=1S/C24H34N2O4/c1-18(27)5-6-19-7-11-23(12-8-19)30-17-21(28)15-25-16-24(26(2)3)20-9-13-22(29-4)14-10-20/h7-14,21,24-25,28H,5-6,15-17H2,1-4H3/p+2/t21-,24+/m0/s1. The number of hydrogen-bond donors (Lipinski definition) is 3. The molecule has 0 saturated heterocycles. The van der Waals surface area contributed by atoms with Crippen LogP contribution in [0.1, 0.15) is 30.5 Å². The molecule has 0 spiro atoms. The quantitative estimate of drug-likeness (QED) is 0.442. The summed E-state index contributed by atoms with van der Waals surface area (Å²) >= 11 is 0. The van der Waals surface area contributed by atoms with Crippen LogP contribution in [0.15, 0.2) is 48.5 Å². The van der Waals surface area contributed by atoms with E-state index in [4.69, 9.17) is 9.47 Å². The third kappa shape index (κ3) is 8.14. The van der Waals surface area contributed by atoms with Crippen LogP contribution in [0.2, 0.25) is 0 Å². The number of ether oxygens (including phenoxy) is 2. The van der Waals surface area contributed by atoms with Gasteiger partial charge in [0.2, 0.25) is 0 Å². The number of aryl methyl sites for hydroxylation is 1. The van der Waals surface area contributed by atoms with Gasteiger partial charge in [0, 0.05) is 12.0 Å². The van der Waals surface area contributed by atoms with Gasteiger partial charge in [0.15, 0.2) is 6.04 Å². The zero-order valence-electron chi connectivity index (χ0n) is 18.6. The summed E-state index contributed by atoms with van der Waals surface area (Å²) in [5, 5.41) is 12.4. The molecule has 0 aromatic heterocycles. The van der Waals surface area contributed by atoms with Gasteiger partial charge in [-0.3, -0.25) is 0 Å². The molecular formula is C24H36N2O4+2. The number of methoxy groups -OCH3 is 1. The predicted octanol–water partition coefficient (Wildman–Crippen LogP) is 0.406. The number of Topliss-reactive ketones (excluding diaryl/α,β-unsaturated/α-hetero) is 1. The second kappa shape index (κ2) is 12.3. The van der Waals surface area contributed by atoms with Crippen LogP contribution in [-0.4, -0.2) is 57.9 Å². The highest BCUT2D eigenvalue weighted by Gasteiger charge is 2.20. The van der Waals surface area contributed by atoms with Crippen molar-refractivity contribution >= 4 is 5.78 Å². The lowest BCUT2D eigenvalue weighted by Gasteiger charge is -2.21. The van der Waals surface area contributed by atoms with Crippen LogP contribution < -0.4 is 19.7 Å². The zero-order valence-corrected chi connectivity index (χ0v) is 18.6. The van der Waals surface area contributed by atoms with E-state index >= 15 is 0 Å². The van der Waals surface area contributed by atoms with Gasteiger partial charge in [0.1, 0.15) is 43.1 Å². The van der Waals surface area contributed by atoms with Crippen molar-refractivity contribution in [3.05, 3.63) is 59.7 Å². The monoisotopic (exact) mass is 416 g/mol. The third-order valence-corrected chi connectivity index (χ3v) is 5.19. The molecule has 2 atom stereocenters. The highest BCUT2D eigenvalue weighted by Crippen LogP contribution is 2.15. The van der Waals surface area contributed by atoms with Gasteiger partial charge in [-0.15, -0.1) is 0 Å². The van der Waals surface area contributed by atoms with E-state index in [1.807, 2.05) is 36.4 Å². The molecule has 0 amide bonds. The van der Waals surface area contributed by atoms with Gasteiger partial charge >= 0.3 is 0 Å².